The van der Waals surface area contributed by atoms with Crippen LogP contribution in [0, 0.1) is 6.92 Å². The number of ether oxygens (including phenoxy) is 1. The number of aryl methyl sites for hydroxylation is 1. The standard InChI is InChI=1S/C22H21F3N4O2/c1-15-13-20(27-29(15)16-5-3-2-4-6-16)21(30)26-19-8-7-17(14-18(19)22(23,24)25)28-9-11-31-12-10-28/h2-8,13-14H,9-12H2,1H3,(H,26,30). The summed E-state index contributed by atoms with van der Waals surface area (Å²) in [4.78, 5) is 14.5. The van der Waals surface area contributed by atoms with Crippen LogP contribution in [0.15, 0.2) is 54.6 Å². The molecule has 0 atom stereocenters. The second-order valence-electron chi connectivity index (χ2n) is 7.20. The first-order chi connectivity index (χ1) is 14.8. The van der Waals surface area contributed by atoms with Crippen LogP contribution in [-0.4, -0.2) is 42.0 Å². The number of para-hydroxylation sites is 1. The molecule has 6 nitrogen and oxygen atoms in total. The Morgan fingerprint density at radius 2 is 1.74 bits per heavy atom. The summed E-state index contributed by atoms with van der Waals surface area (Å²) in [6, 6.07) is 14.6. The largest absolute Gasteiger partial charge is 0.418 e. The zero-order valence-electron chi connectivity index (χ0n) is 16.8. The summed E-state index contributed by atoms with van der Waals surface area (Å²) in [6.45, 7) is 3.72. The van der Waals surface area contributed by atoms with E-state index in [0.717, 1.165) is 11.8 Å². The van der Waals surface area contributed by atoms with E-state index in [1.54, 1.807) is 17.7 Å². The van der Waals surface area contributed by atoms with Gasteiger partial charge in [-0.25, -0.2) is 4.68 Å². The Kier molecular flexibility index (Phi) is 5.69. The molecule has 0 unspecified atom stereocenters. The molecular formula is C22H21F3N4O2. The Bertz CT molecular complexity index is 1070. The first-order valence-electron chi connectivity index (χ1n) is 9.80. The molecule has 2 heterocycles. The molecule has 1 N–H and O–H groups in total. The van der Waals surface area contributed by atoms with Crippen LogP contribution in [0.3, 0.4) is 0 Å². The maximum Gasteiger partial charge on any atom is 0.418 e. The molecule has 9 heteroatoms. The maximum absolute atomic E-state index is 13.7. The number of hydrogen-bond acceptors (Lipinski definition) is 4. The summed E-state index contributed by atoms with van der Waals surface area (Å²) in [5, 5.41) is 6.64. The quantitative estimate of drug-likeness (QED) is 0.671. The maximum atomic E-state index is 13.7. The molecule has 1 saturated heterocycles. The number of nitrogens with one attached hydrogen (secondary N) is 1. The third kappa shape index (κ3) is 4.56. The first-order valence-corrected chi connectivity index (χ1v) is 9.80. The van der Waals surface area contributed by atoms with Gasteiger partial charge in [-0.05, 0) is 43.3 Å². The van der Waals surface area contributed by atoms with Crippen LogP contribution in [0.4, 0.5) is 24.5 Å². The SMILES string of the molecule is Cc1cc(C(=O)Nc2ccc(N3CCOCC3)cc2C(F)(F)F)nn1-c1ccccc1. The van der Waals surface area contributed by atoms with E-state index >= 15 is 0 Å². The van der Waals surface area contributed by atoms with Gasteiger partial charge in [0.2, 0.25) is 0 Å². The molecule has 0 bridgehead atoms. The summed E-state index contributed by atoms with van der Waals surface area (Å²) >= 11 is 0. The summed E-state index contributed by atoms with van der Waals surface area (Å²) in [5.74, 6) is -0.706. The number of aromatic nitrogens is 2. The number of rotatable bonds is 4. The molecule has 1 aromatic heterocycles. The van der Waals surface area contributed by atoms with E-state index in [4.69, 9.17) is 4.74 Å². The van der Waals surface area contributed by atoms with Crippen LogP contribution in [-0.2, 0) is 10.9 Å². The lowest BCUT2D eigenvalue weighted by molar-refractivity contribution is -0.136. The van der Waals surface area contributed by atoms with E-state index in [-0.39, 0.29) is 11.4 Å². The molecule has 31 heavy (non-hydrogen) atoms. The van der Waals surface area contributed by atoms with Crippen LogP contribution >= 0.6 is 0 Å². The molecular weight excluding hydrogens is 409 g/mol. The number of nitrogens with zero attached hydrogens (tertiary/aromatic N) is 3. The van der Waals surface area contributed by atoms with E-state index in [9.17, 15) is 18.0 Å². The number of carbonyl (C=O) groups is 1. The van der Waals surface area contributed by atoms with Crippen molar-refractivity contribution in [1.82, 2.24) is 9.78 Å². The van der Waals surface area contributed by atoms with Gasteiger partial charge in [-0.2, -0.15) is 18.3 Å². The van der Waals surface area contributed by atoms with Crippen molar-refractivity contribution in [1.29, 1.82) is 0 Å². The van der Waals surface area contributed by atoms with Crippen molar-refractivity contribution in [2.24, 2.45) is 0 Å². The van der Waals surface area contributed by atoms with Gasteiger partial charge in [-0.1, -0.05) is 18.2 Å². The van der Waals surface area contributed by atoms with E-state index in [2.05, 4.69) is 10.4 Å². The molecule has 0 radical (unpaired) electrons. The van der Waals surface area contributed by atoms with E-state index in [0.29, 0.717) is 37.7 Å². The molecule has 1 amide bonds. The molecule has 2 aromatic carbocycles. The highest BCUT2D eigenvalue weighted by molar-refractivity contribution is 6.03. The summed E-state index contributed by atoms with van der Waals surface area (Å²) < 4.78 is 48.0. The van der Waals surface area contributed by atoms with E-state index in [1.165, 1.54) is 12.1 Å². The summed E-state index contributed by atoms with van der Waals surface area (Å²) in [5.41, 5.74) is 0.718. The zero-order valence-corrected chi connectivity index (χ0v) is 16.8. The number of anilines is 2. The highest BCUT2D eigenvalue weighted by Gasteiger charge is 2.35. The molecule has 1 fully saturated rings. The first kappa shape index (κ1) is 20.9. The molecule has 0 saturated carbocycles. The molecule has 4 rings (SSSR count). The van der Waals surface area contributed by atoms with Crippen LogP contribution in [0.2, 0.25) is 0 Å². The topological polar surface area (TPSA) is 59.4 Å². The lowest BCUT2D eigenvalue weighted by atomic mass is 10.1. The predicted molar refractivity (Wildman–Crippen MR) is 111 cm³/mol. The fourth-order valence-corrected chi connectivity index (χ4v) is 3.50. The van der Waals surface area contributed by atoms with E-state index in [1.807, 2.05) is 35.2 Å². The van der Waals surface area contributed by atoms with Gasteiger partial charge in [0.05, 0.1) is 30.2 Å². The van der Waals surface area contributed by atoms with E-state index < -0.39 is 17.6 Å². The smallest absolute Gasteiger partial charge is 0.378 e. The number of alkyl halides is 3. The second-order valence-corrected chi connectivity index (χ2v) is 7.20. The van der Waals surface area contributed by atoms with Crippen molar-refractivity contribution in [3.63, 3.8) is 0 Å². The zero-order chi connectivity index (χ0) is 22.0. The lowest BCUT2D eigenvalue weighted by Crippen LogP contribution is -2.36. The van der Waals surface area contributed by atoms with Gasteiger partial charge in [0, 0.05) is 24.5 Å². The van der Waals surface area contributed by atoms with Crippen molar-refractivity contribution >= 4 is 17.3 Å². The normalized spacial score (nSPS) is 14.5. The Balaban J connectivity index is 1.60. The molecule has 1 aliphatic rings. The van der Waals surface area contributed by atoms with Gasteiger partial charge < -0.3 is 15.0 Å². The predicted octanol–water partition coefficient (Wildman–Crippen LogP) is 4.29. The Labute approximate surface area is 177 Å². The van der Waals surface area contributed by atoms with Gasteiger partial charge in [0.25, 0.3) is 5.91 Å². The van der Waals surface area contributed by atoms with Crippen molar-refractivity contribution in [3.8, 4) is 5.69 Å². The molecule has 0 aliphatic carbocycles. The van der Waals surface area contributed by atoms with Crippen LogP contribution in [0.25, 0.3) is 5.69 Å². The molecule has 162 valence electrons. The van der Waals surface area contributed by atoms with Crippen molar-refractivity contribution in [3.05, 3.63) is 71.5 Å². The highest BCUT2D eigenvalue weighted by Crippen LogP contribution is 2.37. The number of hydrogen-bond donors (Lipinski definition) is 1. The summed E-state index contributed by atoms with van der Waals surface area (Å²) in [7, 11) is 0. The average Bonchev–Trinajstić information content (AvgIpc) is 3.16. The summed E-state index contributed by atoms with van der Waals surface area (Å²) in [6.07, 6.45) is -4.62. The van der Waals surface area contributed by atoms with Crippen LogP contribution < -0.4 is 10.2 Å². The Morgan fingerprint density at radius 1 is 1.03 bits per heavy atom. The highest BCUT2D eigenvalue weighted by atomic mass is 19.4. The fourth-order valence-electron chi connectivity index (χ4n) is 3.50. The minimum absolute atomic E-state index is 0.0340. The van der Waals surface area contributed by atoms with Crippen molar-refractivity contribution in [2.75, 3.05) is 36.5 Å². The average molecular weight is 430 g/mol. The van der Waals surface area contributed by atoms with Crippen LogP contribution in [0.1, 0.15) is 21.7 Å². The van der Waals surface area contributed by atoms with Gasteiger partial charge in [0.1, 0.15) is 0 Å². The Morgan fingerprint density at radius 3 is 2.42 bits per heavy atom. The van der Waals surface area contributed by atoms with Crippen molar-refractivity contribution < 1.29 is 22.7 Å². The second kappa shape index (κ2) is 8.43. The van der Waals surface area contributed by atoms with Gasteiger partial charge in [0.15, 0.2) is 5.69 Å². The number of morpholine rings is 1. The monoisotopic (exact) mass is 430 g/mol. The lowest BCUT2D eigenvalue weighted by Gasteiger charge is -2.29. The Hall–Kier alpha value is -3.33. The minimum atomic E-state index is -4.62. The number of amides is 1. The van der Waals surface area contributed by atoms with Gasteiger partial charge in [-0.3, -0.25) is 4.79 Å². The number of halogens is 3. The van der Waals surface area contributed by atoms with Crippen molar-refractivity contribution in [2.45, 2.75) is 13.1 Å². The third-order valence-corrected chi connectivity index (χ3v) is 5.05. The van der Waals surface area contributed by atoms with Crippen LogP contribution in [0.5, 0.6) is 0 Å². The molecule has 1 aliphatic heterocycles. The van der Waals surface area contributed by atoms with Gasteiger partial charge in [-0.15, -0.1) is 0 Å². The number of carbonyl (C=O) groups excluding carboxylic acids is 1. The number of benzene rings is 2. The minimum Gasteiger partial charge on any atom is -0.378 e. The molecule has 3 aromatic rings. The third-order valence-electron chi connectivity index (χ3n) is 5.05. The fraction of sp³-hybridized carbons (Fsp3) is 0.273. The molecule has 0 spiro atoms. The van der Waals surface area contributed by atoms with Gasteiger partial charge >= 0.3 is 6.18 Å².